The molecule has 32 heavy (non-hydrogen) atoms. The molecular formula is C23H25N5O3S. The molecule has 2 fully saturated rings. The first-order valence-electron chi connectivity index (χ1n) is 10.5. The highest BCUT2D eigenvalue weighted by atomic mass is 32.2. The molecule has 8 nitrogen and oxygen atoms in total. The average molecular weight is 452 g/mol. The minimum absolute atomic E-state index is 0.0137. The number of sulfonamides is 1. The van der Waals surface area contributed by atoms with Gasteiger partial charge in [0.2, 0.25) is 10.0 Å². The van der Waals surface area contributed by atoms with Gasteiger partial charge in [-0.2, -0.15) is 10.5 Å². The molecule has 2 unspecified atom stereocenters. The van der Waals surface area contributed by atoms with Gasteiger partial charge in [-0.3, -0.25) is 9.80 Å². The molecule has 0 aliphatic carbocycles. The molecule has 2 bridgehead atoms. The number of hydrogen-bond donors (Lipinski definition) is 1. The largest absolute Gasteiger partial charge is 0.370 e. The summed E-state index contributed by atoms with van der Waals surface area (Å²) in [5.74, 6) is 0. The SMILES string of the molecule is N#Cc1ccc(CN2CC3CN(CCNS(=O)(=O)c4ccccc4C#N)CC(C2)O3)cc1. The van der Waals surface area contributed by atoms with E-state index in [0.29, 0.717) is 12.1 Å². The molecule has 9 heteroatoms. The fourth-order valence-electron chi connectivity index (χ4n) is 4.32. The van der Waals surface area contributed by atoms with Crippen LogP contribution in [0, 0.1) is 22.7 Å². The quantitative estimate of drug-likeness (QED) is 0.676. The number of nitriles is 2. The number of ether oxygens (including phenoxy) is 1. The fourth-order valence-corrected chi connectivity index (χ4v) is 5.50. The zero-order valence-corrected chi connectivity index (χ0v) is 18.5. The summed E-state index contributed by atoms with van der Waals surface area (Å²) in [6.07, 6.45) is 0.161. The van der Waals surface area contributed by atoms with Gasteiger partial charge in [0.25, 0.3) is 0 Å². The Kier molecular flexibility index (Phi) is 6.85. The number of nitrogens with one attached hydrogen (secondary N) is 1. The van der Waals surface area contributed by atoms with Crippen LogP contribution >= 0.6 is 0 Å². The van der Waals surface area contributed by atoms with Gasteiger partial charge < -0.3 is 4.74 Å². The van der Waals surface area contributed by atoms with Gasteiger partial charge >= 0.3 is 0 Å². The predicted octanol–water partition coefficient (Wildman–Crippen LogP) is 1.29. The van der Waals surface area contributed by atoms with E-state index in [1.807, 2.05) is 30.3 Å². The summed E-state index contributed by atoms with van der Waals surface area (Å²) < 4.78 is 33.9. The lowest BCUT2D eigenvalue weighted by atomic mass is 10.1. The third-order valence-electron chi connectivity index (χ3n) is 5.74. The van der Waals surface area contributed by atoms with Crippen LogP contribution in [0.3, 0.4) is 0 Å². The van der Waals surface area contributed by atoms with Crippen molar-refractivity contribution < 1.29 is 13.2 Å². The van der Waals surface area contributed by atoms with Crippen molar-refractivity contribution in [3.8, 4) is 12.1 Å². The molecule has 166 valence electrons. The fraction of sp³-hybridized carbons (Fsp3) is 0.391. The standard InChI is InChI=1S/C23H25N5O3S/c24-11-18-5-7-19(8-6-18)13-28-16-21-14-27(15-22(17-28)31-21)10-9-26-32(29,30)23-4-2-1-3-20(23)12-25/h1-8,21-22,26H,9-10,13-17H2. The molecule has 2 aromatic rings. The second-order valence-corrected chi connectivity index (χ2v) is 9.88. The van der Waals surface area contributed by atoms with Crippen LogP contribution in [0.25, 0.3) is 0 Å². The maximum absolute atomic E-state index is 12.6. The summed E-state index contributed by atoms with van der Waals surface area (Å²) >= 11 is 0. The molecule has 2 aliphatic rings. The summed E-state index contributed by atoms with van der Waals surface area (Å²) in [6, 6.07) is 17.9. The number of nitrogens with zero attached hydrogens (tertiary/aromatic N) is 4. The molecule has 2 atom stereocenters. The lowest BCUT2D eigenvalue weighted by Crippen LogP contribution is -2.59. The van der Waals surface area contributed by atoms with Crippen LogP contribution in [0.1, 0.15) is 16.7 Å². The van der Waals surface area contributed by atoms with E-state index in [1.165, 1.54) is 17.7 Å². The van der Waals surface area contributed by atoms with Crippen LogP contribution in [-0.4, -0.2) is 69.7 Å². The third kappa shape index (κ3) is 5.33. The molecule has 4 rings (SSSR count). The van der Waals surface area contributed by atoms with Crippen LogP contribution in [0.15, 0.2) is 53.4 Å². The van der Waals surface area contributed by atoms with Crippen LogP contribution in [0.2, 0.25) is 0 Å². The first-order chi connectivity index (χ1) is 15.5. The van der Waals surface area contributed by atoms with E-state index in [0.717, 1.165) is 32.7 Å². The Hall–Kier alpha value is -2.79. The Bertz CT molecular complexity index is 1120. The molecule has 2 aliphatic heterocycles. The van der Waals surface area contributed by atoms with E-state index in [-0.39, 0.29) is 29.2 Å². The molecule has 2 aromatic carbocycles. The van der Waals surface area contributed by atoms with Gasteiger partial charge in [0.1, 0.15) is 6.07 Å². The Morgan fingerprint density at radius 1 is 0.938 bits per heavy atom. The maximum atomic E-state index is 12.6. The van der Waals surface area contributed by atoms with Crippen LogP contribution in [-0.2, 0) is 21.3 Å². The van der Waals surface area contributed by atoms with Crippen molar-refractivity contribution in [3.63, 3.8) is 0 Å². The van der Waals surface area contributed by atoms with Gasteiger partial charge in [0.15, 0.2) is 0 Å². The summed E-state index contributed by atoms with van der Waals surface area (Å²) in [4.78, 5) is 4.62. The van der Waals surface area contributed by atoms with Crippen molar-refractivity contribution in [1.82, 2.24) is 14.5 Å². The van der Waals surface area contributed by atoms with E-state index in [4.69, 9.17) is 15.3 Å². The van der Waals surface area contributed by atoms with Gasteiger partial charge in [-0.25, -0.2) is 13.1 Å². The summed E-state index contributed by atoms with van der Waals surface area (Å²) in [6.45, 7) is 4.80. The molecule has 0 radical (unpaired) electrons. The van der Waals surface area contributed by atoms with Crippen LogP contribution in [0.5, 0.6) is 0 Å². The highest BCUT2D eigenvalue weighted by Crippen LogP contribution is 2.21. The van der Waals surface area contributed by atoms with E-state index in [2.05, 4.69) is 20.6 Å². The number of benzene rings is 2. The Morgan fingerprint density at radius 3 is 2.25 bits per heavy atom. The molecule has 0 spiro atoms. The maximum Gasteiger partial charge on any atom is 0.241 e. The van der Waals surface area contributed by atoms with E-state index in [1.54, 1.807) is 12.1 Å². The van der Waals surface area contributed by atoms with Gasteiger partial charge in [-0.1, -0.05) is 24.3 Å². The second-order valence-electron chi connectivity index (χ2n) is 8.15. The normalized spacial score (nSPS) is 21.6. The number of morpholine rings is 2. The van der Waals surface area contributed by atoms with Crippen molar-refractivity contribution in [2.45, 2.75) is 23.6 Å². The van der Waals surface area contributed by atoms with Gasteiger partial charge in [-0.15, -0.1) is 0 Å². The highest BCUT2D eigenvalue weighted by molar-refractivity contribution is 7.89. The minimum atomic E-state index is -3.73. The van der Waals surface area contributed by atoms with Gasteiger partial charge in [0, 0.05) is 45.8 Å². The van der Waals surface area contributed by atoms with Crippen molar-refractivity contribution in [2.24, 2.45) is 0 Å². The molecule has 0 aromatic heterocycles. The third-order valence-corrected chi connectivity index (χ3v) is 7.26. The molecule has 0 amide bonds. The summed E-state index contributed by atoms with van der Waals surface area (Å²) in [5, 5.41) is 18.1. The lowest BCUT2D eigenvalue weighted by Gasteiger charge is -2.46. The lowest BCUT2D eigenvalue weighted by molar-refractivity contribution is -0.139. The minimum Gasteiger partial charge on any atom is -0.370 e. The predicted molar refractivity (Wildman–Crippen MR) is 118 cm³/mol. The monoisotopic (exact) mass is 451 g/mol. The van der Waals surface area contributed by atoms with E-state index in [9.17, 15) is 8.42 Å². The van der Waals surface area contributed by atoms with Crippen LogP contribution in [0.4, 0.5) is 0 Å². The summed E-state index contributed by atoms with van der Waals surface area (Å²) in [7, 11) is -3.73. The Balaban J connectivity index is 1.28. The number of fused-ring (bicyclic) bond motifs is 2. The van der Waals surface area contributed by atoms with E-state index >= 15 is 0 Å². The first-order valence-corrected chi connectivity index (χ1v) is 12.0. The smallest absolute Gasteiger partial charge is 0.241 e. The van der Waals surface area contributed by atoms with Gasteiger partial charge in [0.05, 0.1) is 34.3 Å². The molecule has 1 N–H and O–H groups in total. The van der Waals surface area contributed by atoms with Crippen molar-refractivity contribution in [3.05, 3.63) is 65.2 Å². The van der Waals surface area contributed by atoms with Gasteiger partial charge in [-0.05, 0) is 29.8 Å². The highest BCUT2D eigenvalue weighted by Gasteiger charge is 2.34. The zero-order valence-electron chi connectivity index (χ0n) is 17.6. The molecular weight excluding hydrogens is 426 g/mol. The molecule has 2 heterocycles. The molecule has 0 saturated carbocycles. The topological polar surface area (TPSA) is 109 Å². The first kappa shape index (κ1) is 22.4. The number of hydrogen-bond acceptors (Lipinski definition) is 7. The van der Waals surface area contributed by atoms with Crippen molar-refractivity contribution in [1.29, 1.82) is 10.5 Å². The second kappa shape index (κ2) is 9.78. The van der Waals surface area contributed by atoms with E-state index < -0.39 is 10.0 Å². The number of rotatable bonds is 7. The van der Waals surface area contributed by atoms with Crippen LogP contribution < -0.4 is 4.72 Å². The average Bonchev–Trinajstić information content (AvgIpc) is 2.79. The zero-order chi connectivity index (χ0) is 22.6. The van der Waals surface area contributed by atoms with Crippen molar-refractivity contribution >= 4 is 10.0 Å². The molecule has 2 saturated heterocycles. The Morgan fingerprint density at radius 2 is 1.59 bits per heavy atom. The Labute approximate surface area is 188 Å². The van der Waals surface area contributed by atoms with Crippen molar-refractivity contribution in [2.75, 3.05) is 39.3 Å². The summed E-state index contributed by atoms with van der Waals surface area (Å²) in [5.41, 5.74) is 1.98.